The lowest BCUT2D eigenvalue weighted by Gasteiger charge is -2.10. The first-order valence-corrected chi connectivity index (χ1v) is 6.47. The summed E-state index contributed by atoms with van der Waals surface area (Å²) in [5.41, 5.74) is 5.32. The molecule has 1 atom stereocenters. The van der Waals surface area contributed by atoms with Crippen LogP contribution in [-0.2, 0) is 11.3 Å². The summed E-state index contributed by atoms with van der Waals surface area (Å²) >= 11 is 1.68. The maximum Gasteiger partial charge on any atom is 0.0813 e. The molecule has 2 N–H and O–H groups in total. The maximum absolute atomic E-state index is 5.72. The van der Waals surface area contributed by atoms with Crippen molar-refractivity contribution in [2.45, 2.75) is 39.4 Å². The Morgan fingerprint density at radius 1 is 1.50 bits per heavy atom. The molecule has 0 aliphatic heterocycles. The highest BCUT2D eigenvalue weighted by molar-refractivity contribution is 7.12. The summed E-state index contributed by atoms with van der Waals surface area (Å²) in [5, 5.41) is 0. The minimum atomic E-state index is 0.339. The van der Waals surface area contributed by atoms with E-state index in [2.05, 4.69) is 31.8 Å². The van der Waals surface area contributed by atoms with Crippen LogP contribution in [0.2, 0.25) is 0 Å². The summed E-state index contributed by atoms with van der Waals surface area (Å²) in [6.07, 6.45) is 2.62. The van der Waals surface area contributed by atoms with Gasteiger partial charge in [-0.1, -0.05) is 25.2 Å². The average molecular weight is 237 g/mol. The lowest BCUT2D eigenvalue weighted by molar-refractivity contribution is 0.0488. The van der Waals surface area contributed by atoms with E-state index in [1.165, 1.54) is 11.3 Å². The average Bonchev–Trinajstić information content (AvgIpc) is 2.72. The highest BCUT2D eigenvalue weighted by atomic mass is 32.1. The van der Waals surface area contributed by atoms with Crippen molar-refractivity contribution in [2.24, 2.45) is 5.73 Å². The second-order valence-corrected chi connectivity index (χ2v) is 4.85. The van der Waals surface area contributed by atoms with Crippen LogP contribution in [0.3, 0.4) is 0 Å². The summed E-state index contributed by atoms with van der Waals surface area (Å²) in [6.45, 7) is 5.39. The van der Waals surface area contributed by atoms with Crippen LogP contribution in [-0.4, -0.2) is 12.6 Å². The molecule has 1 heterocycles. The van der Waals surface area contributed by atoms with Crippen LogP contribution in [0.5, 0.6) is 0 Å². The predicted molar refractivity (Wildman–Crippen MR) is 69.4 cm³/mol. The molecule has 3 heteroatoms. The van der Waals surface area contributed by atoms with E-state index in [4.69, 9.17) is 10.5 Å². The van der Waals surface area contributed by atoms with Crippen LogP contribution in [0.4, 0.5) is 0 Å². The van der Waals surface area contributed by atoms with Crippen molar-refractivity contribution in [3.63, 3.8) is 0 Å². The van der Waals surface area contributed by atoms with Gasteiger partial charge in [-0.15, -0.1) is 11.3 Å². The van der Waals surface area contributed by atoms with Crippen molar-refractivity contribution in [3.05, 3.63) is 21.9 Å². The predicted octanol–water partition coefficient (Wildman–Crippen LogP) is 2.76. The van der Waals surface area contributed by atoms with E-state index < -0.39 is 0 Å². The van der Waals surface area contributed by atoms with Gasteiger partial charge < -0.3 is 10.5 Å². The van der Waals surface area contributed by atoms with Gasteiger partial charge in [0.25, 0.3) is 0 Å². The summed E-state index contributed by atoms with van der Waals surface area (Å²) in [4.78, 5) is 2.29. The first-order chi connectivity index (χ1) is 7.76. The lowest BCUT2D eigenvalue weighted by Crippen LogP contribution is -2.06. The fraction of sp³-hybridized carbons (Fsp3) is 0.538. The molecular formula is C13H19NOS. The zero-order valence-corrected chi connectivity index (χ0v) is 10.8. The molecule has 0 aliphatic rings. The Hall–Kier alpha value is -0.820. The Bertz CT molecular complexity index is 361. The van der Waals surface area contributed by atoms with Crippen LogP contribution >= 0.6 is 11.3 Å². The van der Waals surface area contributed by atoms with E-state index in [0.29, 0.717) is 19.3 Å². The van der Waals surface area contributed by atoms with Crippen LogP contribution in [0.1, 0.15) is 36.4 Å². The van der Waals surface area contributed by atoms with Crippen molar-refractivity contribution >= 4 is 11.3 Å². The van der Waals surface area contributed by atoms with Crippen LogP contribution in [0.25, 0.3) is 0 Å². The van der Waals surface area contributed by atoms with Crippen molar-refractivity contribution in [1.82, 2.24) is 0 Å². The van der Waals surface area contributed by atoms with E-state index in [0.717, 1.165) is 11.3 Å². The molecule has 0 amide bonds. The molecule has 1 rings (SSSR count). The number of ether oxygens (including phenoxy) is 1. The smallest absolute Gasteiger partial charge is 0.0813 e. The zero-order chi connectivity index (χ0) is 11.8. The molecule has 0 fully saturated rings. The van der Waals surface area contributed by atoms with Gasteiger partial charge in [-0.2, -0.15) is 0 Å². The maximum atomic E-state index is 5.72. The largest absolute Gasteiger partial charge is 0.373 e. The molecule has 0 spiro atoms. The fourth-order valence-electron chi connectivity index (χ4n) is 1.38. The number of hydrogen-bond donors (Lipinski definition) is 1. The molecule has 1 unspecified atom stereocenters. The molecule has 0 radical (unpaired) electrons. The number of nitrogens with two attached hydrogens (primary N) is 1. The third-order valence-electron chi connectivity index (χ3n) is 2.18. The first kappa shape index (κ1) is 13.2. The zero-order valence-electron chi connectivity index (χ0n) is 9.95. The fourth-order valence-corrected chi connectivity index (χ4v) is 2.18. The van der Waals surface area contributed by atoms with Gasteiger partial charge in [0.2, 0.25) is 0 Å². The van der Waals surface area contributed by atoms with Crippen LogP contribution in [0.15, 0.2) is 12.1 Å². The van der Waals surface area contributed by atoms with Crippen molar-refractivity contribution in [2.75, 3.05) is 6.54 Å². The summed E-state index contributed by atoms with van der Waals surface area (Å²) in [6, 6.07) is 4.10. The molecule has 0 aliphatic carbocycles. The van der Waals surface area contributed by atoms with E-state index >= 15 is 0 Å². The van der Waals surface area contributed by atoms with E-state index in [-0.39, 0.29) is 0 Å². The van der Waals surface area contributed by atoms with Gasteiger partial charge in [-0.3, -0.25) is 0 Å². The SMILES string of the molecule is CCCC(C)OCc1ccc(C#CCN)s1. The molecule has 0 bridgehead atoms. The molecule has 1 aromatic rings. The van der Waals surface area contributed by atoms with Crippen molar-refractivity contribution in [3.8, 4) is 11.8 Å². The van der Waals surface area contributed by atoms with Crippen molar-refractivity contribution in [1.29, 1.82) is 0 Å². The number of hydrogen-bond acceptors (Lipinski definition) is 3. The van der Waals surface area contributed by atoms with Gasteiger partial charge in [0.05, 0.1) is 24.1 Å². The van der Waals surface area contributed by atoms with Crippen LogP contribution < -0.4 is 5.73 Å². The second-order valence-electron chi connectivity index (χ2n) is 3.68. The summed E-state index contributed by atoms with van der Waals surface area (Å²) in [5.74, 6) is 5.88. The first-order valence-electron chi connectivity index (χ1n) is 5.65. The minimum Gasteiger partial charge on any atom is -0.373 e. The number of rotatable bonds is 5. The second kappa shape index (κ2) is 7.45. The Morgan fingerprint density at radius 3 is 3.00 bits per heavy atom. The summed E-state index contributed by atoms with van der Waals surface area (Å²) in [7, 11) is 0. The normalized spacial score (nSPS) is 11.9. The lowest BCUT2D eigenvalue weighted by atomic mass is 10.2. The Balaban J connectivity index is 2.40. The molecular weight excluding hydrogens is 218 g/mol. The van der Waals surface area contributed by atoms with E-state index in [9.17, 15) is 0 Å². The summed E-state index contributed by atoms with van der Waals surface area (Å²) < 4.78 is 5.72. The van der Waals surface area contributed by atoms with Gasteiger partial charge in [0, 0.05) is 4.88 Å². The monoisotopic (exact) mass is 237 g/mol. The van der Waals surface area contributed by atoms with Gasteiger partial charge >= 0.3 is 0 Å². The van der Waals surface area contributed by atoms with Crippen molar-refractivity contribution < 1.29 is 4.74 Å². The van der Waals surface area contributed by atoms with E-state index in [1.807, 2.05) is 6.07 Å². The third-order valence-corrected chi connectivity index (χ3v) is 3.15. The molecule has 0 saturated carbocycles. The Labute approximate surface area is 102 Å². The quantitative estimate of drug-likeness (QED) is 0.799. The molecule has 88 valence electrons. The molecule has 0 aromatic carbocycles. The van der Waals surface area contributed by atoms with Gasteiger partial charge in [0.1, 0.15) is 0 Å². The molecule has 1 aromatic heterocycles. The molecule has 2 nitrogen and oxygen atoms in total. The number of thiophene rings is 1. The highest BCUT2D eigenvalue weighted by Gasteiger charge is 2.03. The standard InChI is InChI=1S/C13H19NOS/c1-3-5-11(2)15-10-13-8-7-12(16-13)6-4-9-14/h7-8,11H,3,5,9-10,14H2,1-2H3. The Morgan fingerprint density at radius 2 is 2.31 bits per heavy atom. The van der Waals surface area contributed by atoms with Crippen LogP contribution in [0, 0.1) is 11.8 Å². The Kier molecular flexibility index (Phi) is 6.17. The third kappa shape index (κ3) is 4.80. The minimum absolute atomic E-state index is 0.339. The topological polar surface area (TPSA) is 35.2 Å². The van der Waals surface area contributed by atoms with E-state index in [1.54, 1.807) is 11.3 Å². The molecule has 0 saturated heterocycles. The molecule has 16 heavy (non-hydrogen) atoms. The van der Waals surface area contributed by atoms with Gasteiger partial charge in [-0.05, 0) is 25.5 Å². The van der Waals surface area contributed by atoms with Gasteiger partial charge in [0.15, 0.2) is 0 Å². The van der Waals surface area contributed by atoms with Gasteiger partial charge in [-0.25, -0.2) is 0 Å². The highest BCUT2D eigenvalue weighted by Crippen LogP contribution is 2.17.